The number of rotatable bonds is 5. The van der Waals surface area contributed by atoms with Crippen molar-refractivity contribution in [1.29, 1.82) is 0 Å². The van der Waals surface area contributed by atoms with Crippen LogP contribution in [0.5, 0.6) is 5.75 Å². The summed E-state index contributed by atoms with van der Waals surface area (Å²) in [6, 6.07) is 21.9. The van der Waals surface area contributed by atoms with Crippen LogP contribution in [0.1, 0.15) is 10.6 Å². The van der Waals surface area contributed by atoms with Gasteiger partial charge >= 0.3 is 0 Å². The van der Waals surface area contributed by atoms with Crippen LogP contribution < -0.4 is 15.4 Å². The maximum Gasteiger partial charge on any atom is 0.293 e. The third kappa shape index (κ3) is 4.94. The number of thiazole rings is 1. The van der Waals surface area contributed by atoms with E-state index in [0.29, 0.717) is 32.8 Å². The molecule has 10 heteroatoms. The van der Waals surface area contributed by atoms with E-state index in [9.17, 15) is 4.79 Å². The van der Waals surface area contributed by atoms with Crippen LogP contribution in [0.25, 0.3) is 32.1 Å². The number of para-hydroxylation sites is 1. The number of aromatic nitrogens is 1. The predicted molar refractivity (Wildman–Crippen MR) is 149 cm³/mol. The third-order valence-corrected chi connectivity index (χ3v) is 7.37. The normalized spacial score (nSPS) is 10.9. The van der Waals surface area contributed by atoms with Crippen LogP contribution in [0.15, 0.2) is 77.2 Å². The molecule has 5 rings (SSSR count). The van der Waals surface area contributed by atoms with Crippen LogP contribution in [-0.2, 0) is 0 Å². The fraction of sp³-hybridized carbons (Fsp3) is 0.0385. The number of hydrogen-bond acceptors (Lipinski definition) is 6. The van der Waals surface area contributed by atoms with Crippen molar-refractivity contribution in [2.24, 2.45) is 0 Å². The number of furan rings is 1. The van der Waals surface area contributed by atoms with Crippen molar-refractivity contribution in [1.82, 2.24) is 10.3 Å². The maximum absolute atomic E-state index is 12.8. The van der Waals surface area contributed by atoms with E-state index < -0.39 is 5.91 Å². The van der Waals surface area contributed by atoms with Crippen molar-refractivity contribution in [2.75, 3.05) is 12.4 Å². The number of anilines is 1. The summed E-state index contributed by atoms with van der Waals surface area (Å²) < 4.78 is 12.3. The number of ether oxygens (including phenoxy) is 1. The Balaban J connectivity index is 1.33. The molecule has 0 aliphatic rings. The number of benzene rings is 3. The van der Waals surface area contributed by atoms with E-state index in [1.165, 1.54) is 0 Å². The fourth-order valence-electron chi connectivity index (χ4n) is 3.55. The minimum atomic E-state index is -0.516. The van der Waals surface area contributed by atoms with Crippen LogP contribution in [0.2, 0.25) is 10.0 Å². The minimum absolute atomic E-state index is 0.0698. The van der Waals surface area contributed by atoms with Gasteiger partial charge in [-0.2, -0.15) is 0 Å². The molecule has 2 heterocycles. The molecule has 0 saturated heterocycles. The minimum Gasteiger partial charge on any atom is -0.495 e. The summed E-state index contributed by atoms with van der Waals surface area (Å²) in [5.41, 5.74) is 3.00. The van der Waals surface area contributed by atoms with E-state index >= 15 is 0 Å². The highest BCUT2D eigenvalue weighted by molar-refractivity contribution is 7.80. The zero-order valence-electron chi connectivity index (χ0n) is 18.7. The molecule has 0 spiro atoms. The molecule has 5 aromatic rings. The summed E-state index contributed by atoms with van der Waals surface area (Å²) in [6.45, 7) is 0. The van der Waals surface area contributed by atoms with Gasteiger partial charge in [-0.1, -0.05) is 41.4 Å². The molecule has 1 amide bonds. The first-order valence-corrected chi connectivity index (χ1v) is 12.6. The van der Waals surface area contributed by atoms with Crippen molar-refractivity contribution in [3.63, 3.8) is 0 Å². The Morgan fingerprint density at radius 1 is 1.06 bits per heavy atom. The maximum atomic E-state index is 12.8. The highest BCUT2D eigenvalue weighted by Gasteiger charge is 2.17. The summed E-state index contributed by atoms with van der Waals surface area (Å²) in [5, 5.41) is 7.34. The number of hydrogen-bond donors (Lipinski definition) is 2. The second-order valence-corrected chi connectivity index (χ2v) is 9.80. The fourth-order valence-corrected chi connectivity index (χ4v) is 5.11. The summed E-state index contributed by atoms with van der Waals surface area (Å²) in [7, 11) is 1.56. The van der Waals surface area contributed by atoms with E-state index in [1.807, 2.05) is 42.5 Å². The van der Waals surface area contributed by atoms with E-state index in [2.05, 4.69) is 10.6 Å². The van der Waals surface area contributed by atoms with E-state index in [0.717, 1.165) is 20.8 Å². The van der Waals surface area contributed by atoms with Gasteiger partial charge in [0.1, 0.15) is 16.5 Å². The zero-order chi connectivity index (χ0) is 25.2. The summed E-state index contributed by atoms with van der Waals surface area (Å²) in [5.74, 6) is 0.530. The lowest BCUT2D eigenvalue weighted by atomic mass is 10.2. The average Bonchev–Trinajstić information content (AvgIpc) is 3.53. The van der Waals surface area contributed by atoms with Crippen LogP contribution in [0.3, 0.4) is 0 Å². The summed E-state index contributed by atoms with van der Waals surface area (Å²) in [6.07, 6.45) is 0. The van der Waals surface area contributed by atoms with Gasteiger partial charge in [0.05, 0.1) is 33.1 Å². The highest BCUT2D eigenvalue weighted by atomic mass is 35.5. The lowest BCUT2D eigenvalue weighted by molar-refractivity contribution is 0.0951. The number of carbonyl (C=O) groups excluding carboxylic acids is 1. The Morgan fingerprint density at radius 2 is 1.89 bits per heavy atom. The van der Waals surface area contributed by atoms with Crippen LogP contribution in [0.4, 0.5) is 5.69 Å². The molecule has 0 aliphatic carbocycles. The number of halogens is 2. The molecule has 2 aromatic heterocycles. The van der Waals surface area contributed by atoms with E-state index in [1.54, 1.807) is 48.8 Å². The Labute approximate surface area is 225 Å². The topological polar surface area (TPSA) is 76.4 Å². The number of fused-ring (bicyclic) bond motifs is 1. The molecule has 0 fully saturated rings. The molecule has 36 heavy (non-hydrogen) atoms. The first kappa shape index (κ1) is 24.3. The Morgan fingerprint density at radius 3 is 2.69 bits per heavy atom. The zero-order valence-corrected chi connectivity index (χ0v) is 21.8. The van der Waals surface area contributed by atoms with Crippen LogP contribution in [0, 0.1) is 0 Å². The molecule has 0 radical (unpaired) electrons. The van der Waals surface area contributed by atoms with Crippen molar-refractivity contribution >= 4 is 73.7 Å². The molecule has 180 valence electrons. The molecule has 2 N–H and O–H groups in total. The Kier molecular flexibility index (Phi) is 6.93. The van der Waals surface area contributed by atoms with Gasteiger partial charge in [0.2, 0.25) is 0 Å². The quantitative estimate of drug-likeness (QED) is 0.217. The van der Waals surface area contributed by atoms with Gasteiger partial charge in [0.15, 0.2) is 10.9 Å². The van der Waals surface area contributed by atoms with Crippen molar-refractivity contribution < 1.29 is 13.9 Å². The molecule has 3 aromatic carbocycles. The Hall–Kier alpha value is -3.43. The van der Waals surface area contributed by atoms with E-state index in [-0.39, 0.29) is 10.9 Å². The van der Waals surface area contributed by atoms with Gasteiger partial charge in [0, 0.05) is 11.1 Å². The van der Waals surface area contributed by atoms with Crippen molar-refractivity contribution in [3.05, 3.63) is 88.6 Å². The van der Waals surface area contributed by atoms with Gasteiger partial charge in [-0.25, -0.2) is 4.98 Å². The Bertz CT molecular complexity index is 1580. The molecule has 0 aliphatic heterocycles. The highest BCUT2D eigenvalue weighted by Crippen LogP contribution is 2.36. The largest absolute Gasteiger partial charge is 0.495 e. The van der Waals surface area contributed by atoms with Gasteiger partial charge in [0.25, 0.3) is 5.91 Å². The lowest BCUT2D eigenvalue weighted by Crippen LogP contribution is -2.34. The number of nitrogens with zero attached hydrogens (tertiary/aromatic N) is 1. The first-order chi connectivity index (χ1) is 17.4. The molecular weight excluding hydrogens is 537 g/mol. The number of nitrogens with one attached hydrogen (secondary N) is 2. The molecule has 0 unspecified atom stereocenters. The molecule has 6 nitrogen and oxygen atoms in total. The summed E-state index contributed by atoms with van der Waals surface area (Å²) in [4.78, 5) is 17.5. The molecule has 0 saturated carbocycles. The number of amides is 1. The van der Waals surface area contributed by atoms with Crippen LogP contribution in [-0.4, -0.2) is 23.1 Å². The molecule has 0 atom stereocenters. The smallest absolute Gasteiger partial charge is 0.293 e. The average molecular weight is 554 g/mol. The third-order valence-electron chi connectivity index (χ3n) is 5.26. The van der Waals surface area contributed by atoms with Crippen molar-refractivity contribution in [2.45, 2.75) is 0 Å². The van der Waals surface area contributed by atoms with Crippen LogP contribution >= 0.6 is 46.8 Å². The first-order valence-electron chi connectivity index (χ1n) is 10.6. The van der Waals surface area contributed by atoms with Crippen molar-refractivity contribution in [3.8, 4) is 27.6 Å². The monoisotopic (exact) mass is 553 g/mol. The second-order valence-electron chi connectivity index (χ2n) is 7.58. The SMILES string of the molecule is COc1ccc(-c2nc3ccccc3s2)cc1NC(=S)NC(=O)c1ccc(-c2cccc(Cl)c2Cl)o1. The van der Waals surface area contributed by atoms with E-state index in [4.69, 9.17) is 49.6 Å². The number of carbonyl (C=O) groups is 1. The molecule has 0 bridgehead atoms. The second kappa shape index (κ2) is 10.3. The number of methoxy groups -OCH3 is 1. The standard InChI is InChI=1S/C26H17Cl2N3O3S2/c1-33-20-10-9-14(25-29-17-7-2-3-8-22(17)36-25)13-18(20)30-26(35)31-24(32)21-12-11-19(34-21)15-5-4-6-16(27)23(15)28/h2-13H,1H3,(H2,30,31,32,35). The van der Waals surface area contributed by atoms with Gasteiger partial charge < -0.3 is 14.5 Å². The van der Waals surface area contributed by atoms with Gasteiger partial charge in [-0.15, -0.1) is 11.3 Å². The molecular formula is C26H17Cl2N3O3S2. The predicted octanol–water partition coefficient (Wildman–Crippen LogP) is 7.67. The number of thiocarbonyl (C=S) groups is 1. The van der Waals surface area contributed by atoms with Gasteiger partial charge in [-0.05, 0) is 66.8 Å². The lowest BCUT2D eigenvalue weighted by Gasteiger charge is -2.13. The summed E-state index contributed by atoms with van der Waals surface area (Å²) >= 11 is 19.3. The van der Waals surface area contributed by atoms with Gasteiger partial charge in [-0.3, -0.25) is 10.1 Å².